The Bertz CT molecular complexity index is 246. The molecule has 0 heterocycles. The fourth-order valence-corrected chi connectivity index (χ4v) is 2.80. The first-order valence-corrected chi connectivity index (χ1v) is 6.55. The zero-order valence-electron chi connectivity index (χ0n) is 11.5. The highest BCUT2D eigenvalue weighted by molar-refractivity contribution is 5.69. The van der Waals surface area contributed by atoms with Crippen molar-refractivity contribution in [1.82, 2.24) is 9.80 Å². The minimum atomic E-state index is -0.714. The van der Waals surface area contributed by atoms with Gasteiger partial charge in [0.15, 0.2) is 0 Å². The first-order chi connectivity index (χ1) is 7.91. The van der Waals surface area contributed by atoms with Crippen LogP contribution < -0.4 is 0 Å². The Balaban J connectivity index is 2.52. The maximum atomic E-state index is 10.9. The summed E-state index contributed by atoms with van der Waals surface area (Å²) in [5.41, 5.74) is 0. The first-order valence-electron chi connectivity index (χ1n) is 6.55. The van der Waals surface area contributed by atoms with Gasteiger partial charge in [0.1, 0.15) is 0 Å². The molecule has 1 fully saturated rings. The fraction of sp³-hybridized carbons (Fsp3) is 0.923. The highest BCUT2D eigenvalue weighted by Crippen LogP contribution is 2.26. The van der Waals surface area contributed by atoms with Gasteiger partial charge in [-0.05, 0) is 53.6 Å². The van der Waals surface area contributed by atoms with Gasteiger partial charge in [0.2, 0.25) is 0 Å². The van der Waals surface area contributed by atoms with E-state index in [1.165, 1.54) is 12.8 Å². The Morgan fingerprint density at radius 3 is 2.00 bits per heavy atom. The number of carboxylic acids is 1. The SMILES string of the molecule is CC(C)N(CC(=O)O)C1CCC(N(C)C)CC1. The Hall–Kier alpha value is -0.610. The quantitative estimate of drug-likeness (QED) is 0.796. The number of carboxylic acid groups (broad SMARTS) is 1. The first kappa shape index (κ1) is 14.5. The van der Waals surface area contributed by atoms with Gasteiger partial charge in [-0.3, -0.25) is 9.69 Å². The van der Waals surface area contributed by atoms with Gasteiger partial charge in [0, 0.05) is 18.1 Å². The van der Waals surface area contributed by atoms with Crippen molar-refractivity contribution < 1.29 is 9.90 Å². The molecule has 0 saturated heterocycles. The number of rotatable bonds is 5. The van der Waals surface area contributed by atoms with Crippen LogP contribution >= 0.6 is 0 Å². The van der Waals surface area contributed by atoms with Gasteiger partial charge in [0.05, 0.1) is 6.54 Å². The van der Waals surface area contributed by atoms with Crippen LogP contribution in [0.5, 0.6) is 0 Å². The standard InChI is InChI=1S/C13H26N2O2/c1-10(2)15(9-13(16)17)12-7-5-11(6-8-12)14(3)4/h10-12H,5-9H2,1-4H3,(H,16,17). The predicted octanol–water partition coefficient (Wildman–Crippen LogP) is 1.65. The van der Waals surface area contributed by atoms with Gasteiger partial charge in [-0.2, -0.15) is 0 Å². The van der Waals surface area contributed by atoms with Crippen LogP contribution in [0, 0.1) is 0 Å². The third-order valence-electron chi connectivity index (χ3n) is 3.85. The number of nitrogens with zero attached hydrogens (tertiary/aromatic N) is 2. The molecule has 0 bridgehead atoms. The second-order valence-electron chi connectivity index (χ2n) is 5.59. The highest BCUT2D eigenvalue weighted by atomic mass is 16.4. The molecule has 4 heteroatoms. The lowest BCUT2D eigenvalue weighted by Crippen LogP contribution is -2.47. The van der Waals surface area contributed by atoms with Crippen molar-refractivity contribution in [2.75, 3.05) is 20.6 Å². The van der Waals surface area contributed by atoms with Gasteiger partial charge in [-0.1, -0.05) is 0 Å². The molecular weight excluding hydrogens is 216 g/mol. The Labute approximate surface area is 105 Å². The highest BCUT2D eigenvalue weighted by Gasteiger charge is 2.29. The van der Waals surface area contributed by atoms with E-state index in [-0.39, 0.29) is 6.54 Å². The lowest BCUT2D eigenvalue weighted by atomic mass is 9.89. The number of hydrogen-bond acceptors (Lipinski definition) is 3. The van der Waals surface area contributed by atoms with Gasteiger partial charge in [0.25, 0.3) is 0 Å². The summed E-state index contributed by atoms with van der Waals surface area (Å²) in [6, 6.07) is 1.43. The molecule has 1 saturated carbocycles. The third-order valence-corrected chi connectivity index (χ3v) is 3.85. The summed E-state index contributed by atoms with van der Waals surface area (Å²) in [5, 5.41) is 8.95. The van der Waals surface area contributed by atoms with E-state index in [1.807, 2.05) is 0 Å². The Morgan fingerprint density at radius 1 is 1.18 bits per heavy atom. The zero-order valence-corrected chi connectivity index (χ0v) is 11.5. The molecule has 1 rings (SSSR count). The fourth-order valence-electron chi connectivity index (χ4n) is 2.80. The molecule has 0 aliphatic heterocycles. The molecule has 0 spiro atoms. The van der Waals surface area contributed by atoms with Crippen LogP contribution in [-0.4, -0.2) is 59.6 Å². The lowest BCUT2D eigenvalue weighted by molar-refractivity contribution is -0.139. The summed E-state index contributed by atoms with van der Waals surface area (Å²) in [4.78, 5) is 15.3. The van der Waals surface area contributed by atoms with E-state index in [1.54, 1.807) is 0 Å². The molecule has 0 aromatic carbocycles. The number of aliphatic carboxylic acids is 1. The second kappa shape index (κ2) is 6.36. The molecule has 100 valence electrons. The van der Waals surface area contributed by atoms with Crippen molar-refractivity contribution in [3.63, 3.8) is 0 Å². The topological polar surface area (TPSA) is 43.8 Å². The molecule has 0 aromatic rings. The van der Waals surface area contributed by atoms with E-state index < -0.39 is 5.97 Å². The molecule has 1 aliphatic rings. The Kier molecular flexibility index (Phi) is 5.40. The summed E-state index contributed by atoms with van der Waals surface area (Å²) >= 11 is 0. The van der Waals surface area contributed by atoms with Crippen LogP contribution in [0.1, 0.15) is 39.5 Å². The van der Waals surface area contributed by atoms with Gasteiger partial charge >= 0.3 is 5.97 Å². The number of hydrogen-bond donors (Lipinski definition) is 1. The molecule has 1 N–H and O–H groups in total. The molecule has 0 aromatic heterocycles. The Morgan fingerprint density at radius 2 is 1.65 bits per heavy atom. The average molecular weight is 242 g/mol. The molecule has 4 nitrogen and oxygen atoms in total. The van der Waals surface area contributed by atoms with E-state index in [2.05, 4.69) is 37.7 Å². The zero-order chi connectivity index (χ0) is 13.0. The van der Waals surface area contributed by atoms with Crippen molar-refractivity contribution >= 4 is 5.97 Å². The van der Waals surface area contributed by atoms with Crippen LogP contribution in [0.4, 0.5) is 0 Å². The van der Waals surface area contributed by atoms with E-state index in [4.69, 9.17) is 5.11 Å². The van der Waals surface area contributed by atoms with E-state index >= 15 is 0 Å². The van der Waals surface area contributed by atoms with Crippen LogP contribution in [0.25, 0.3) is 0 Å². The third kappa shape index (κ3) is 4.28. The molecule has 0 amide bonds. The van der Waals surface area contributed by atoms with Crippen molar-refractivity contribution in [3.8, 4) is 0 Å². The molecule has 17 heavy (non-hydrogen) atoms. The summed E-state index contributed by atoms with van der Waals surface area (Å²) < 4.78 is 0. The van der Waals surface area contributed by atoms with E-state index in [0.29, 0.717) is 18.1 Å². The van der Waals surface area contributed by atoms with Crippen molar-refractivity contribution in [3.05, 3.63) is 0 Å². The van der Waals surface area contributed by atoms with Gasteiger partial charge < -0.3 is 10.0 Å². The van der Waals surface area contributed by atoms with Crippen molar-refractivity contribution in [2.45, 2.75) is 57.7 Å². The van der Waals surface area contributed by atoms with Crippen LogP contribution in [0.3, 0.4) is 0 Å². The molecular formula is C13H26N2O2. The minimum absolute atomic E-state index is 0.176. The minimum Gasteiger partial charge on any atom is -0.480 e. The van der Waals surface area contributed by atoms with Crippen LogP contribution in [0.2, 0.25) is 0 Å². The smallest absolute Gasteiger partial charge is 0.317 e. The second-order valence-corrected chi connectivity index (χ2v) is 5.59. The molecule has 1 aliphatic carbocycles. The largest absolute Gasteiger partial charge is 0.480 e. The normalized spacial score (nSPS) is 25.8. The molecule has 0 atom stereocenters. The summed E-state index contributed by atoms with van der Waals surface area (Å²) in [6.45, 7) is 4.34. The lowest BCUT2D eigenvalue weighted by Gasteiger charge is -2.40. The van der Waals surface area contributed by atoms with Crippen LogP contribution in [0.15, 0.2) is 0 Å². The monoisotopic (exact) mass is 242 g/mol. The number of carbonyl (C=O) groups is 1. The maximum Gasteiger partial charge on any atom is 0.317 e. The van der Waals surface area contributed by atoms with E-state index in [9.17, 15) is 4.79 Å². The predicted molar refractivity (Wildman–Crippen MR) is 69.2 cm³/mol. The maximum absolute atomic E-state index is 10.9. The molecule has 0 radical (unpaired) electrons. The van der Waals surface area contributed by atoms with Crippen LogP contribution in [-0.2, 0) is 4.79 Å². The summed E-state index contributed by atoms with van der Waals surface area (Å²) in [5.74, 6) is -0.714. The summed E-state index contributed by atoms with van der Waals surface area (Å²) in [6.07, 6.45) is 4.60. The average Bonchev–Trinajstić information content (AvgIpc) is 2.25. The molecule has 0 unspecified atom stereocenters. The van der Waals surface area contributed by atoms with Gasteiger partial charge in [-0.25, -0.2) is 0 Å². The van der Waals surface area contributed by atoms with Gasteiger partial charge in [-0.15, -0.1) is 0 Å². The van der Waals surface area contributed by atoms with Crippen molar-refractivity contribution in [1.29, 1.82) is 0 Å². The van der Waals surface area contributed by atoms with Crippen molar-refractivity contribution in [2.24, 2.45) is 0 Å². The van der Waals surface area contributed by atoms with E-state index in [0.717, 1.165) is 12.8 Å². The summed E-state index contributed by atoms with van der Waals surface area (Å²) in [7, 11) is 4.25.